The van der Waals surface area contributed by atoms with E-state index in [2.05, 4.69) is 5.10 Å². The third kappa shape index (κ3) is 1.85. The molecule has 1 aromatic heterocycles. The fraction of sp³-hybridized carbons (Fsp3) is 0.625. The van der Waals surface area contributed by atoms with Crippen LogP contribution in [0.1, 0.15) is 32.4 Å². The van der Waals surface area contributed by atoms with Crippen molar-refractivity contribution in [3.63, 3.8) is 0 Å². The Bertz CT molecular complexity index is 317. The molecule has 0 N–H and O–H groups in total. The van der Waals surface area contributed by atoms with E-state index in [-0.39, 0.29) is 11.9 Å². The van der Waals surface area contributed by atoms with Crippen molar-refractivity contribution in [3.05, 3.63) is 21.9 Å². The second kappa shape index (κ2) is 3.55. The Labute approximate surface area is 76.5 Å². The highest BCUT2D eigenvalue weighted by molar-refractivity contribution is 5.29. The number of aromatic nitrogens is 2. The summed E-state index contributed by atoms with van der Waals surface area (Å²) in [7, 11) is 0. The van der Waals surface area contributed by atoms with E-state index in [9.17, 15) is 10.1 Å². The van der Waals surface area contributed by atoms with Crippen molar-refractivity contribution in [3.8, 4) is 0 Å². The number of aryl methyl sites for hydroxylation is 1. The summed E-state index contributed by atoms with van der Waals surface area (Å²) in [5, 5.41) is 14.4. The zero-order valence-corrected chi connectivity index (χ0v) is 8.02. The minimum Gasteiger partial charge on any atom is -0.358 e. The SMILES string of the molecule is CCc1cn(C(C)C)nc1[N+](=O)[O-]. The summed E-state index contributed by atoms with van der Waals surface area (Å²) in [6, 6.07) is 0.166. The molecule has 0 radical (unpaired) electrons. The Morgan fingerprint density at radius 2 is 2.31 bits per heavy atom. The third-order valence-electron chi connectivity index (χ3n) is 1.87. The molecule has 5 nitrogen and oxygen atoms in total. The number of nitrogens with zero attached hydrogens (tertiary/aromatic N) is 3. The van der Waals surface area contributed by atoms with Crippen molar-refractivity contribution >= 4 is 5.82 Å². The number of rotatable bonds is 3. The first-order valence-corrected chi connectivity index (χ1v) is 4.28. The van der Waals surface area contributed by atoms with E-state index in [1.165, 1.54) is 0 Å². The highest BCUT2D eigenvalue weighted by atomic mass is 16.6. The van der Waals surface area contributed by atoms with Crippen LogP contribution in [0.2, 0.25) is 0 Å². The molecule has 1 heterocycles. The quantitative estimate of drug-likeness (QED) is 0.531. The van der Waals surface area contributed by atoms with Gasteiger partial charge < -0.3 is 10.1 Å². The van der Waals surface area contributed by atoms with Gasteiger partial charge in [0.05, 0.1) is 22.9 Å². The van der Waals surface area contributed by atoms with Crippen LogP contribution in [-0.4, -0.2) is 14.7 Å². The van der Waals surface area contributed by atoms with Crippen LogP contribution in [0.4, 0.5) is 5.82 Å². The van der Waals surface area contributed by atoms with Crippen molar-refractivity contribution in [2.75, 3.05) is 0 Å². The van der Waals surface area contributed by atoms with Gasteiger partial charge in [-0.2, -0.15) is 4.68 Å². The van der Waals surface area contributed by atoms with Crippen molar-refractivity contribution in [2.45, 2.75) is 33.2 Å². The molecule has 0 unspecified atom stereocenters. The second-order valence-corrected chi connectivity index (χ2v) is 3.16. The Morgan fingerprint density at radius 3 is 2.62 bits per heavy atom. The number of hydrogen-bond donors (Lipinski definition) is 0. The molecular weight excluding hydrogens is 170 g/mol. The lowest BCUT2D eigenvalue weighted by molar-refractivity contribution is -0.390. The van der Waals surface area contributed by atoms with E-state index in [0.717, 1.165) is 0 Å². The summed E-state index contributed by atoms with van der Waals surface area (Å²) in [4.78, 5) is 10.1. The first kappa shape index (κ1) is 9.70. The summed E-state index contributed by atoms with van der Waals surface area (Å²) in [5.74, 6) is -0.0174. The molecule has 1 rings (SSSR count). The van der Waals surface area contributed by atoms with E-state index in [4.69, 9.17) is 0 Å². The van der Waals surface area contributed by atoms with Crippen LogP contribution in [0.15, 0.2) is 6.20 Å². The van der Waals surface area contributed by atoms with E-state index < -0.39 is 4.92 Å². The summed E-state index contributed by atoms with van der Waals surface area (Å²) >= 11 is 0. The summed E-state index contributed by atoms with van der Waals surface area (Å²) in [6.45, 7) is 5.76. The fourth-order valence-corrected chi connectivity index (χ4v) is 1.09. The fourth-order valence-electron chi connectivity index (χ4n) is 1.09. The second-order valence-electron chi connectivity index (χ2n) is 3.16. The van der Waals surface area contributed by atoms with Gasteiger partial charge in [-0.3, -0.25) is 0 Å². The van der Waals surface area contributed by atoms with E-state index in [1.54, 1.807) is 10.9 Å². The lowest BCUT2D eigenvalue weighted by atomic mass is 10.2. The molecule has 0 saturated carbocycles. The van der Waals surface area contributed by atoms with Gasteiger partial charge in [-0.1, -0.05) is 6.92 Å². The molecular formula is C8H13N3O2. The third-order valence-corrected chi connectivity index (χ3v) is 1.87. The van der Waals surface area contributed by atoms with Gasteiger partial charge in [0, 0.05) is 0 Å². The van der Waals surface area contributed by atoms with E-state index in [0.29, 0.717) is 12.0 Å². The molecule has 0 aliphatic heterocycles. The van der Waals surface area contributed by atoms with Gasteiger partial charge in [-0.15, -0.1) is 0 Å². The van der Waals surface area contributed by atoms with Crippen molar-refractivity contribution < 1.29 is 4.92 Å². The molecule has 72 valence electrons. The first-order valence-electron chi connectivity index (χ1n) is 4.28. The molecule has 0 aliphatic rings. The van der Waals surface area contributed by atoms with Gasteiger partial charge in [0.2, 0.25) is 0 Å². The van der Waals surface area contributed by atoms with Crippen LogP contribution in [-0.2, 0) is 6.42 Å². The van der Waals surface area contributed by atoms with Gasteiger partial charge in [0.1, 0.15) is 0 Å². The van der Waals surface area contributed by atoms with Crippen LogP contribution in [0, 0.1) is 10.1 Å². The standard InChI is InChI=1S/C8H13N3O2/c1-4-7-5-10(6(2)3)9-8(7)11(12)13/h5-6H,4H2,1-3H3. The Kier molecular flexibility index (Phi) is 2.65. The van der Waals surface area contributed by atoms with Crippen LogP contribution < -0.4 is 0 Å². The maximum atomic E-state index is 10.5. The summed E-state index contributed by atoms with van der Waals surface area (Å²) in [6.07, 6.45) is 2.38. The molecule has 5 heteroatoms. The summed E-state index contributed by atoms with van der Waals surface area (Å²) in [5.41, 5.74) is 0.693. The molecule has 0 aromatic carbocycles. The van der Waals surface area contributed by atoms with Crippen molar-refractivity contribution in [2.24, 2.45) is 0 Å². The van der Waals surface area contributed by atoms with E-state index >= 15 is 0 Å². The number of nitro groups is 1. The van der Waals surface area contributed by atoms with Crippen LogP contribution in [0.3, 0.4) is 0 Å². The maximum absolute atomic E-state index is 10.5. The average Bonchev–Trinajstić information content (AvgIpc) is 2.47. The predicted octanol–water partition coefficient (Wildman–Crippen LogP) is 1.93. The summed E-state index contributed by atoms with van der Waals surface area (Å²) < 4.78 is 1.62. The molecule has 0 atom stereocenters. The lowest BCUT2D eigenvalue weighted by Gasteiger charge is -1.96. The van der Waals surface area contributed by atoms with Gasteiger partial charge in [-0.25, -0.2) is 0 Å². The highest BCUT2D eigenvalue weighted by Gasteiger charge is 2.19. The van der Waals surface area contributed by atoms with Crippen LogP contribution in [0.5, 0.6) is 0 Å². The predicted molar refractivity (Wildman–Crippen MR) is 48.6 cm³/mol. The topological polar surface area (TPSA) is 61.0 Å². The smallest absolute Gasteiger partial charge is 0.358 e. The van der Waals surface area contributed by atoms with Gasteiger partial charge in [0.15, 0.2) is 0 Å². The zero-order valence-electron chi connectivity index (χ0n) is 8.02. The zero-order chi connectivity index (χ0) is 10.0. The Hall–Kier alpha value is -1.39. The molecule has 0 saturated heterocycles. The van der Waals surface area contributed by atoms with Crippen LogP contribution in [0.25, 0.3) is 0 Å². The van der Waals surface area contributed by atoms with Gasteiger partial charge in [0.25, 0.3) is 0 Å². The van der Waals surface area contributed by atoms with Crippen molar-refractivity contribution in [1.82, 2.24) is 9.78 Å². The largest absolute Gasteiger partial charge is 0.393 e. The average molecular weight is 183 g/mol. The monoisotopic (exact) mass is 183 g/mol. The molecule has 0 aliphatic carbocycles. The molecule has 0 spiro atoms. The highest BCUT2D eigenvalue weighted by Crippen LogP contribution is 2.18. The molecule has 0 bridgehead atoms. The molecule has 1 aromatic rings. The van der Waals surface area contributed by atoms with Crippen molar-refractivity contribution in [1.29, 1.82) is 0 Å². The normalized spacial score (nSPS) is 10.8. The maximum Gasteiger partial charge on any atom is 0.393 e. The van der Waals surface area contributed by atoms with Crippen LogP contribution >= 0.6 is 0 Å². The number of hydrogen-bond acceptors (Lipinski definition) is 3. The van der Waals surface area contributed by atoms with Gasteiger partial charge in [-0.05, 0) is 25.2 Å². The Balaban J connectivity index is 3.11. The van der Waals surface area contributed by atoms with Gasteiger partial charge >= 0.3 is 5.82 Å². The Morgan fingerprint density at radius 1 is 1.69 bits per heavy atom. The lowest BCUT2D eigenvalue weighted by Crippen LogP contribution is -2.01. The molecule has 13 heavy (non-hydrogen) atoms. The molecule has 0 amide bonds. The van der Waals surface area contributed by atoms with E-state index in [1.807, 2.05) is 20.8 Å². The molecule has 0 fully saturated rings. The minimum absolute atomic E-state index is 0.0174. The minimum atomic E-state index is -0.433. The first-order chi connectivity index (χ1) is 6.06.